The van der Waals surface area contributed by atoms with Crippen molar-refractivity contribution in [2.45, 2.75) is 34.3 Å². The molecule has 5 rings (SSSR count). The van der Waals surface area contributed by atoms with Gasteiger partial charge < -0.3 is 23.2 Å². The number of benzene rings is 3. The summed E-state index contributed by atoms with van der Waals surface area (Å²) in [7, 11) is 0. The van der Waals surface area contributed by atoms with Crippen LogP contribution in [0.25, 0.3) is 5.69 Å². The Labute approximate surface area is 255 Å². The van der Waals surface area contributed by atoms with E-state index < -0.39 is 11.9 Å². The smallest absolute Gasteiger partial charge is 0.343 e. The number of hydrazone groups is 1. The molecule has 2 heterocycles. The lowest BCUT2D eigenvalue weighted by Gasteiger charge is -2.11. The van der Waals surface area contributed by atoms with Gasteiger partial charge in [-0.1, -0.05) is 17.7 Å². The van der Waals surface area contributed by atoms with Crippen LogP contribution >= 0.6 is 0 Å². The maximum Gasteiger partial charge on any atom is 0.343 e. The average molecular weight is 592 g/mol. The van der Waals surface area contributed by atoms with Crippen LogP contribution in [0.5, 0.6) is 17.2 Å². The minimum atomic E-state index is -0.511. The third-order valence-electron chi connectivity index (χ3n) is 6.74. The van der Waals surface area contributed by atoms with Gasteiger partial charge >= 0.3 is 11.9 Å². The minimum Gasteiger partial charge on any atom is -0.490 e. The standard InChI is InChI=1S/C35H33N3O6/c1-5-41-33-20-26(11-17-31(33)44-35(40)27-8-6-7-23(2)19-27)21-36-37-34(39)32-18-16-30(43-32)22-42-29-14-12-28(13-15-29)38-24(3)9-10-25(38)4/h6-21H,5,22H2,1-4H3,(H,37,39)/b36-21+. The first-order chi connectivity index (χ1) is 21.3. The second-order valence-electron chi connectivity index (χ2n) is 10.1. The maximum atomic E-state index is 12.6. The maximum absolute atomic E-state index is 12.6. The Hall–Kier alpha value is -5.57. The predicted molar refractivity (Wildman–Crippen MR) is 167 cm³/mol. The molecule has 3 aromatic carbocycles. The number of esters is 1. The van der Waals surface area contributed by atoms with Gasteiger partial charge in [0.2, 0.25) is 0 Å². The summed E-state index contributed by atoms with van der Waals surface area (Å²) in [4.78, 5) is 25.2. The number of hydrogen-bond donors (Lipinski definition) is 1. The van der Waals surface area contributed by atoms with Crippen LogP contribution in [-0.2, 0) is 6.61 Å². The molecule has 0 aliphatic carbocycles. The lowest BCUT2D eigenvalue weighted by Crippen LogP contribution is -2.16. The first kappa shape index (κ1) is 29.9. The van der Waals surface area contributed by atoms with E-state index >= 15 is 0 Å². The summed E-state index contributed by atoms with van der Waals surface area (Å²) in [5, 5.41) is 4.03. The highest BCUT2D eigenvalue weighted by Gasteiger charge is 2.14. The number of carbonyl (C=O) groups excluding carboxylic acids is 2. The van der Waals surface area contributed by atoms with Crippen molar-refractivity contribution >= 4 is 18.1 Å². The summed E-state index contributed by atoms with van der Waals surface area (Å²) in [5.41, 5.74) is 7.86. The zero-order valence-electron chi connectivity index (χ0n) is 25.0. The molecule has 1 N–H and O–H groups in total. The molecule has 1 amide bonds. The van der Waals surface area contributed by atoms with E-state index in [1.54, 1.807) is 48.5 Å². The van der Waals surface area contributed by atoms with Crippen LogP contribution in [0.4, 0.5) is 0 Å². The molecule has 0 aliphatic heterocycles. The van der Waals surface area contributed by atoms with E-state index in [0.717, 1.165) is 22.6 Å². The predicted octanol–water partition coefficient (Wildman–Crippen LogP) is 6.96. The largest absolute Gasteiger partial charge is 0.490 e. The molecule has 9 nitrogen and oxygen atoms in total. The number of ether oxygens (including phenoxy) is 3. The molecule has 0 bridgehead atoms. The SMILES string of the molecule is CCOc1cc(/C=N/NC(=O)c2ccc(COc3ccc(-n4c(C)ccc4C)cc3)o2)ccc1OC(=O)c1cccc(C)c1. The Morgan fingerprint density at radius 2 is 1.64 bits per heavy atom. The van der Waals surface area contributed by atoms with Gasteiger partial charge in [-0.3, -0.25) is 4.79 Å². The fraction of sp³-hybridized carbons (Fsp3) is 0.171. The number of amides is 1. The molecule has 5 aromatic rings. The van der Waals surface area contributed by atoms with Crippen molar-refractivity contribution in [3.05, 3.63) is 131 Å². The van der Waals surface area contributed by atoms with Gasteiger partial charge in [-0.25, -0.2) is 10.2 Å². The number of hydrogen-bond acceptors (Lipinski definition) is 7. The number of carbonyl (C=O) groups is 2. The van der Waals surface area contributed by atoms with Crippen LogP contribution in [0.3, 0.4) is 0 Å². The van der Waals surface area contributed by atoms with E-state index in [2.05, 4.69) is 41.1 Å². The normalized spacial score (nSPS) is 11.0. The molecular formula is C35H33N3O6. The number of aryl methyl sites for hydroxylation is 3. The highest BCUT2D eigenvalue weighted by Crippen LogP contribution is 2.29. The van der Waals surface area contributed by atoms with Crippen molar-refractivity contribution in [1.82, 2.24) is 9.99 Å². The summed E-state index contributed by atoms with van der Waals surface area (Å²) in [6.45, 7) is 8.41. The number of nitrogens with zero attached hydrogens (tertiary/aromatic N) is 2. The fourth-order valence-electron chi connectivity index (χ4n) is 4.61. The molecule has 0 radical (unpaired) electrons. The van der Waals surface area contributed by atoms with E-state index in [-0.39, 0.29) is 18.1 Å². The van der Waals surface area contributed by atoms with Gasteiger partial charge in [0.05, 0.1) is 18.4 Å². The average Bonchev–Trinajstić information content (AvgIpc) is 3.63. The molecule has 0 unspecified atom stereocenters. The van der Waals surface area contributed by atoms with Crippen molar-refractivity contribution in [2.24, 2.45) is 5.10 Å². The molecule has 0 spiro atoms. The van der Waals surface area contributed by atoms with Crippen LogP contribution in [0.1, 0.15) is 56.1 Å². The number of aromatic nitrogens is 1. The van der Waals surface area contributed by atoms with Gasteiger partial charge in [0.1, 0.15) is 18.1 Å². The van der Waals surface area contributed by atoms with Crippen molar-refractivity contribution < 1.29 is 28.2 Å². The van der Waals surface area contributed by atoms with Gasteiger partial charge in [0.25, 0.3) is 0 Å². The summed E-state index contributed by atoms with van der Waals surface area (Å²) < 4.78 is 24.9. The second-order valence-corrected chi connectivity index (χ2v) is 10.1. The molecule has 224 valence electrons. The van der Waals surface area contributed by atoms with E-state index in [1.807, 2.05) is 44.2 Å². The summed E-state index contributed by atoms with van der Waals surface area (Å²) in [5.74, 6) is 0.951. The number of nitrogens with one attached hydrogen (secondary N) is 1. The second kappa shape index (κ2) is 13.6. The Bertz CT molecular complexity index is 1780. The van der Waals surface area contributed by atoms with Gasteiger partial charge in [-0.2, -0.15) is 5.10 Å². The van der Waals surface area contributed by atoms with Crippen molar-refractivity contribution in [3.8, 4) is 22.9 Å². The molecule has 0 atom stereocenters. The zero-order valence-corrected chi connectivity index (χ0v) is 25.0. The molecule has 0 saturated carbocycles. The van der Waals surface area contributed by atoms with Crippen LogP contribution < -0.4 is 19.6 Å². The van der Waals surface area contributed by atoms with E-state index in [1.165, 1.54) is 6.21 Å². The van der Waals surface area contributed by atoms with Crippen LogP contribution in [0.15, 0.2) is 101 Å². The van der Waals surface area contributed by atoms with Gasteiger partial charge in [0, 0.05) is 17.1 Å². The molecule has 0 aliphatic rings. The topological polar surface area (TPSA) is 104 Å². The van der Waals surface area contributed by atoms with E-state index in [0.29, 0.717) is 35.0 Å². The lowest BCUT2D eigenvalue weighted by atomic mass is 10.1. The van der Waals surface area contributed by atoms with Crippen molar-refractivity contribution in [1.29, 1.82) is 0 Å². The van der Waals surface area contributed by atoms with E-state index in [4.69, 9.17) is 18.6 Å². The van der Waals surface area contributed by atoms with Crippen LogP contribution in [0.2, 0.25) is 0 Å². The highest BCUT2D eigenvalue weighted by atomic mass is 16.6. The van der Waals surface area contributed by atoms with Crippen LogP contribution in [0, 0.1) is 20.8 Å². The van der Waals surface area contributed by atoms with Crippen molar-refractivity contribution in [3.63, 3.8) is 0 Å². The number of rotatable bonds is 11. The molecule has 0 fully saturated rings. The summed E-state index contributed by atoms with van der Waals surface area (Å²) >= 11 is 0. The first-order valence-corrected chi connectivity index (χ1v) is 14.2. The van der Waals surface area contributed by atoms with Crippen LogP contribution in [-0.4, -0.2) is 29.3 Å². The first-order valence-electron chi connectivity index (χ1n) is 14.2. The third kappa shape index (κ3) is 7.25. The third-order valence-corrected chi connectivity index (χ3v) is 6.74. The molecular weight excluding hydrogens is 558 g/mol. The Morgan fingerprint density at radius 1 is 0.864 bits per heavy atom. The molecule has 0 saturated heterocycles. The Morgan fingerprint density at radius 3 is 2.36 bits per heavy atom. The monoisotopic (exact) mass is 591 g/mol. The van der Waals surface area contributed by atoms with Gasteiger partial charge in [-0.15, -0.1) is 0 Å². The highest BCUT2D eigenvalue weighted by molar-refractivity contribution is 5.93. The van der Waals surface area contributed by atoms with Gasteiger partial charge in [-0.05, 0) is 112 Å². The van der Waals surface area contributed by atoms with E-state index in [9.17, 15) is 9.59 Å². The zero-order chi connectivity index (χ0) is 31.1. The molecule has 44 heavy (non-hydrogen) atoms. The van der Waals surface area contributed by atoms with Gasteiger partial charge in [0.15, 0.2) is 17.3 Å². The summed E-state index contributed by atoms with van der Waals surface area (Å²) in [6, 6.07) is 27.4. The Balaban J connectivity index is 1.15. The minimum absolute atomic E-state index is 0.100. The lowest BCUT2D eigenvalue weighted by molar-refractivity contribution is 0.0728. The summed E-state index contributed by atoms with van der Waals surface area (Å²) in [6.07, 6.45) is 1.46. The fourth-order valence-corrected chi connectivity index (χ4v) is 4.61. The number of furan rings is 1. The molecule has 9 heteroatoms. The Kier molecular flexibility index (Phi) is 9.25. The molecule has 2 aromatic heterocycles. The van der Waals surface area contributed by atoms with Crippen molar-refractivity contribution in [2.75, 3.05) is 6.61 Å². The quantitative estimate of drug-likeness (QED) is 0.0771.